The lowest BCUT2D eigenvalue weighted by atomic mass is 10.1. The summed E-state index contributed by atoms with van der Waals surface area (Å²) in [6, 6.07) is 6.01. The van der Waals surface area contributed by atoms with Crippen molar-refractivity contribution in [2.45, 2.75) is 32.3 Å². The number of rotatable bonds is 2. The van der Waals surface area contributed by atoms with Crippen LogP contribution < -0.4 is 0 Å². The van der Waals surface area contributed by atoms with Gasteiger partial charge in [-0.1, -0.05) is 12.1 Å². The second kappa shape index (κ2) is 5.29. The Kier molecular flexibility index (Phi) is 3.49. The summed E-state index contributed by atoms with van der Waals surface area (Å²) >= 11 is 0. The molecule has 2 heterocycles. The van der Waals surface area contributed by atoms with E-state index in [4.69, 9.17) is 4.42 Å². The van der Waals surface area contributed by atoms with Crippen molar-refractivity contribution in [1.29, 1.82) is 0 Å². The standard InChI is InChI=1S/C16H19NO3/c1-11-4-5-14-12(10-20-15(14)7-11)8-16(19)17-6-2-3-13(18)9-17/h4-5,7,10,13,18H,2-3,6,8-9H2,1H3/t13-/m0/s1. The summed E-state index contributed by atoms with van der Waals surface area (Å²) in [5.41, 5.74) is 2.89. The van der Waals surface area contributed by atoms with Crippen LogP contribution in [0, 0.1) is 6.92 Å². The van der Waals surface area contributed by atoms with Gasteiger partial charge in [-0.15, -0.1) is 0 Å². The SMILES string of the molecule is Cc1ccc2c(CC(=O)N3CCC[C@H](O)C3)coc2c1. The Morgan fingerprint density at radius 1 is 1.50 bits per heavy atom. The molecular weight excluding hydrogens is 254 g/mol. The maximum Gasteiger partial charge on any atom is 0.227 e. The van der Waals surface area contributed by atoms with Crippen LogP contribution in [0.3, 0.4) is 0 Å². The van der Waals surface area contributed by atoms with E-state index in [1.165, 1.54) is 0 Å². The normalized spacial score (nSPS) is 19.5. The van der Waals surface area contributed by atoms with Crippen molar-refractivity contribution in [2.75, 3.05) is 13.1 Å². The lowest BCUT2D eigenvalue weighted by Gasteiger charge is -2.30. The Morgan fingerprint density at radius 2 is 2.35 bits per heavy atom. The quantitative estimate of drug-likeness (QED) is 0.913. The van der Waals surface area contributed by atoms with Gasteiger partial charge in [0, 0.05) is 24.0 Å². The Labute approximate surface area is 118 Å². The van der Waals surface area contributed by atoms with E-state index in [9.17, 15) is 9.90 Å². The molecule has 1 aromatic carbocycles. The van der Waals surface area contributed by atoms with Crippen LogP contribution in [0.1, 0.15) is 24.0 Å². The summed E-state index contributed by atoms with van der Waals surface area (Å²) in [7, 11) is 0. The van der Waals surface area contributed by atoms with E-state index in [1.54, 1.807) is 11.2 Å². The Bertz CT molecular complexity index is 632. The maximum absolute atomic E-state index is 12.3. The number of furan rings is 1. The number of piperidine rings is 1. The van der Waals surface area contributed by atoms with Crippen LogP contribution in [-0.2, 0) is 11.2 Å². The van der Waals surface area contributed by atoms with E-state index >= 15 is 0 Å². The van der Waals surface area contributed by atoms with Gasteiger partial charge in [-0.3, -0.25) is 4.79 Å². The molecule has 1 aromatic heterocycles. The molecule has 0 unspecified atom stereocenters. The van der Waals surface area contributed by atoms with Crippen molar-refractivity contribution in [3.05, 3.63) is 35.6 Å². The molecule has 2 aromatic rings. The van der Waals surface area contributed by atoms with Gasteiger partial charge in [0.1, 0.15) is 5.58 Å². The van der Waals surface area contributed by atoms with Crippen molar-refractivity contribution in [2.24, 2.45) is 0 Å². The maximum atomic E-state index is 12.3. The van der Waals surface area contributed by atoms with Gasteiger partial charge < -0.3 is 14.4 Å². The van der Waals surface area contributed by atoms with Crippen molar-refractivity contribution in [3.63, 3.8) is 0 Å². The zero-order chi connectivity index (χ0) is 14.1. The van der Waals surface area contributed by atoms with Crippen molar-refractivity contribution < 1.29 is 14.3 Å². The highest BCUT2D eigenvalue weighted by Gasteiger charge is 2.23. The van der Waals surface area contributed by atoms with Gasteiger partial charge in [-0.05, 0) is 31.4 Å². The number of aliphatic hydroxyl groups excluding tert-OH is 1. The van der Waals surface area contributed by atoms with Crippen LogP contribution in [-0.4, -0.2) is 35.1 Å². The smallest absolute Gasteiger partial charge is 0.227 e. The number of aliphatic hydroxyl groups is 1. The van der Waals surface area contributed by atoms with Crippen LogP contribution in [0.4, 0.5) is 0 Å². The number of amides is 1. The fraction of sp³-hybridized carbons (Fsp3) is 0.438. The molecule has 1 aliphatic heterocycles. The lowest BCUT2D eigenvalue weighted by molar-refractivity contribution is -0.133. The molecule has 20 heavy (non-hydrogen) atoms. The molecule has 0 saturated carbocycles. The van der Waals surface area contributed by atoms with E-state index in [2.05, 4.69) is 0 Å². The van der Waals surface area contributed by atoms with Crippen molar-refractivity contribution in [1.82, 2.24) is 4.90 Å². The van der Waals surface area contributed by atoms with Gasteiger partial charge in [0.25, 0.3) is 0 Å². The number of carbonyl (C=O) groups excluding carboxylic acids is 1. The molecule has 1 N–H and O–H groups in total. The Morgan fingerprint density at radius 3 is 3.15 bits per heavy atom. The summed E-state index contributed by atoms with van der Waals surface area (Å²) in [4.78, 5) is 14.0. The highest BCUT2D eigenvalue weighted by Crippen LogP contribution is 2.23. The van der Waals surface area contributed by atoms with E-state index in [0.717, 1.165) is 41.5 Å². The van der Waals surface area contributed by atoms with Crippen LogP contribution >= 0.6 is 0 Å². The molecule has 0 spiro atoms. The fourth-order valence-electron chi connectivity index (χ4n) is 2.78. The number of carbonyl (C=O) groups is 1. The van der Waals surface area contributed by atoms with Crippen LogP contribution in [0.5, 0.6) is 0 Å². The molecule has 0 aliphatic carbocycles. The van der Waals surface area contributed by atoms with Gasteiger partial charge in [0.05, 0.1) is 18.8 Å². The fourth-order valence-corrected chi connectivity index (χ4v) is 2.78. The third-order valence-corrected chi connectivity index (χ3v) is 3.90. The zero-order valence-corrected chi connectivity index (χ0v) is 11.6. The molecule has 1 saturated heterocycles. The largest absolute Gasteiger partial charge is 0.464 e. The highest BCUT2D eigenvalue weighted by atomic mass is 16.3. The molecule has 1 fully saturated rings. The number of fused-ring (bicyclic) bond motifs is 1. The molecule has 1 atom stereocenters. The van der Waals surface area contributed by atoms with E-state index in [-0.39, 0.29) is 12.0 Å². The number of benzene rings is 1. The third-order valence-electron chi connectivity index (χ3n) is 3.90. The van der Waals surface area contributed by atoms with Crippen molar-refractivity contribution >= 4 is 16.9 Å². The van der Waals surface area contributed by atoms with Gasteiger partial charge in [0.2, 0.25) is 5.91 Å². The van der Waals surface area contributed by atoms with Crippen LogP contribution in [0.2, 0.25) is 0 Å². The van der Waals surface area contributed by atoms with Gasteiger partial charge >= 0.3 is 0 Å². The number of hydrogen-bond acceptors (Lipinski definition) is 3. The van der Waals surface area contributed by atoms with Crippen molar-refractivity contribution in [3.8, 4) is 0 Å². The molecule has 1 amide bonds. The van der Waals surface area contributed by atoms with Crippen LogP contribution in [0.15, 0.2) is 28.9 Å². The first-order chi connectivity index (χ1) is 9.63. The molecule has 106 valence electrons. The molecule has 4 nitrogen and oxygen atoms in total. The minimum Gasteiger partial charge on any atom is -0.464 e. The molecule has 0 bridgehead atoms. The van der Waals surface area contributed by atoms with E-state index < -0.39 is 0 Å². The number of likely N-dealkylation sites (tertiary alicyclic amines) is 1. The molecule has 1 aliphatic rings. The summed E-state index contributed by atoms with van der Waals surface area (Å²) in [5.74, 6) is 0.0621. The van der Waals surface area contributed by atoms with E-state index in [0.29, 0.717) is 13.0 Å². The lowest BCUT2D eigenvalue weighted by Crippen LogP contribution is -2.42. The van der Waals surface area contributed by atoms with Gasteiger partial charge in [0.15, 0.2) is 0 Å². The number of β-amino-alcohol motifs (C(OH)–C–C–N with tert-alkyl or cyclic N) is 1. The number of hydrogen-bond donors (Lipinski definition) is 1. The highest BCUT2D eigenvalue weighted by molar-refractivity contribution is 5.88. The number of aryl methyl sites for hydroxylation is 1. The van der Waals surface area contributed by atoms with Gasteiger partial charge in [-0.2, -0.15) is 0 Å². The number of nitrogens with zero attached hydrogens (tertiary/aromatic N) is 1. The average Bonchev–Trinajstić information content (AvgIpc) is 2.81. The first-order valence-electron chi connectivity index (χ1n) is 7.06. The molecular formula is C16H19NO3. The Balaban J connectivity index is 1.77. The summed E-state index contributed by atoms with van der Waals surface area (Å²) in [5, 5.41) is 10.6. The predicted molar refractivity (Wildman–Crippen MR) is 76.5 cm³/mol. The first-order valence-corrected chi connectivity index (χ1v) is 7.06. The minimum atomic E-state index is -0.378. The molecule has 3 rings (SSSR count). The second-order valence-electron chi connectivity index (χ2n) is 5.57. The first kappa shape index (κ1) is 13.2. The summed E-state index contributed by atoms with van der Waals surface area (Å²) < 4.78 is 5.52. The predicted octanol–water partition coefficient (Wildman–Crippen LogP) is 2.27. The van der Waals surface area contributed by atoms with Crippen LogP contribution in [0.25, 0.3) is 11.0 Å². The topological polar surface area (TPSA) is 53.7 Å². The third kappa shape index (κ3) is 2.56. The average molecular weight is 273 g/mol. The summed E-state index contributed by atoms with van der Waals surface area (Å²) in [6.07, 6.45) is 3.29. The second-order valence-corrected chi connectivity index (χ2v) is 5.57. The monoisotopic (exact) mass is 273 g/mol. The van der Waals surface area contributed by atoms with Gasteiger partial charge in [-0.25, -0.2) is 0 Å². The molecule has 4 heteroatoms. The zero-order valence-electron chi connectivity index (χ0n) is 11.6. The van der Waals surface area contributed by atoms with E-state index in [1.807, 2.05) is 25.1 Å². The molecule has 0 radical (unpaired) electrons. The summed E-state index contributed by atoms with van der Waals surface area (Å²) in [6.45, 7) is 3.21. The Hall–Kier alpha value is -1.81. The minimum absolute atomic E-state index is 0.0621.